The van der Waals surface area contributed by atoms with Crippen molar-refractivity contribution in [1.82, 2.24) is 14.8 Å². The molecule has 4 nitrogen and oxygen atoms in total. The first kappa shape index (κ1) is 11.6. The van der Waals surface area contributed by atoms with Gasteiger partial charge in [-0.15, -0.1) is 0 Å². The smallest absolute Gasteiger partial charge is 0.170 e. The summed E-state index contributed by atoms with van der Waals surface area (Å²) in [5, 5.41) is 4.35. The molecule has 0 radical (unpaired) electrons. The molecule has 0 unspecified atom stereocenters. The number of aromatic nitrogens is 3. The summed E-state index contributed by atoms with van der Waals surface area (Å²) in [4.78, 5) is 4.30. The zero-order valence-corrected chi connectivity index (χ0v) is 10.7. The van der Waals surface area contributed by atoms with Crippen molar-refractivity contribution in [2.24, 2.45) is 0 Å². The molecule has 0 atom stereocenters. The van der Waals surface area contributed by atoms with Crippen LogP contribution in [0.4, 0.5) is 0 Å². The van der Waals surface area contributed by atoms with Gasteiger partial charge in [0, 0.05) is 0 Å². The summed E-state index contributed by atoms with van der Waals surface area (Å²) >= 11 is 0. The van der Waals surface area contributed by atoms with Crippen LogP contribution in [0.25, 0.3) is 5.69 Å². The number of ether oxygens (including phenoxy) is 1. The van der Waals surface area contributed by atoms with Gasteiger partial charge in [0.2, 0.25) is 0 Å². The number of aryl methyl sites for hydroxylation is 2. The maximum atomic E-state index is 5.62. The molecule has 0 spiro atoms. The van der Waals surface area contributed by atoms with Crippen LogP contribution in [0, 0.1) is 13.8 Å². The maximum absolute atomic E-state index is 5.62. The second kappa shape index (κ2) is 4.57. The molecule has 2 heterocycles. The van der Waals surface area contributed by atoms with Gasteiger partial charge in [0.05, 0.1) is 0 Å². The average molecular weight is 231 g/mol. The first-order chi connectivity index (χ1) is 8.24. The third-order valence-corrected chi connectivity index (χ3v) is 2.48. The lowest BCUT2D eigenvalue weighted by Gasteiger charge is -2.17. The zero-order chi connectivity index (χ0) is 12.4. The minimum atomic E-state index is 0.497. The lowest BCUT2D eigenvalue weighted by Crippen LogP contribution is -2.14. The highest BCUT2D eigenvalue weighted by Crippen LogP contribution is 2.29. The Morgan fingerprint density at radius 1 is 1.24 bits per heavy atom. The van der Waals surface area contributed by atoms with Gasteiger partial charge in [-0.3, -0.25) is 0 Å². The molecule has 1 aliphatic rings. The van der Waals surface area contributed by atoms with E-state index < -0.39 is 0 Å². The topological polar surface area (TPSA) is 39.9 Å². The standard InChI is InChI=1S/C11H11N3O.C2H6/c1-7-3-4-9-10(5-7)15-6-11-12-8(2)13-14(9)11;1-2/h3-5H,6H2,1-2H3;1-2H3. The van der Waals surface area contributed by atoms with E-state index in [1.807, 2.05) is 50.6 Å². The molecule has 0 saturated carbocycles. The van der Waals surface area contributed by atoms with Crippen molar-refractivity contribution in [3.05, 3.63) is 35.4 Å². The van der Waals surface area contributed by atoms with Crippen LogP contribution in [-0.2, 0) is 6.61 Å². The van der Waals surface area contributed by atoms with E-state index in [2.05, 4.69) is 10.1 Å². The average Bonchev–Trinajstić information content (AvgIpc) is 2.72. The molecule has 0 fully saturated rings. The van der Waals surface area contributed by atoms with E-state index in [-0.39, 0.29) is 0 Å². The molecule has 0 aliphatic carbocycles. The highest BCUT2D eigenvalue weighted by Gasteiger charge is 2.19. The van der Waals surface area contributed by atoms with Crippen LogP contribution in [0.5, 0.6) is 5.75 Å². The van der Waals surface area contributed by atoms with Gasteiger partial charge in [-0.1, -0.05) is 19.9 Å². The summed E-state index contributed by atoms with van der Waals surface area (Å²) < 4.78 is 7.48. The Hall–Kier alpha value is -1.84. The van der Waals surface area contributed by atoms with Gasteiger partial charge in [-0.25, -0.2) is 9.67 Å². The largest absolute Gasteiger partial charge is 0.483 e. The van der Waals surface area contributed by atoms with Crippen molar-refractivity contribution in [2.75, 3.05) is 0 Å². The minimum absolute atomic E-state index is 0.497. The van der Waals surface area contributed by atoms with E-state index in [9.17, 15) is 0 Å². The minimum Gasteiger partial charge on any atom is -0.483 e. The van der Waals surface area contributed by atoms with Crippen LogP contribution in [0.3, 0.4) is 0 Å². The highest BCUT2D eigenvalue weighted by molar-refractivity contribution is 5.49. The Morgan fingerprint density at radius 2 is 2.00 bits per heavy atom. The number of benzene rings is 1. The van der Waals surface area contributed by atoms with Crippen molar-refractivity contribution in [1.29, 1.82) is 0 Å². The predicted octanol–water partition coefficient (Wildman–Crippen LogP) is 2.80. The molecule has 0 amide bonds. The van der Waals surface area contributed by atoms with Gasteiger partial charge in [0.25, 0.3) is 0 Å². The van der Waals surface area contributed by atoms with Gasteiger partial charge in [0.1, 0.15) is 23.9 Å². The lowest BCUT2D eigenvalue weighted by molar-refractivity contribution is 0.276. The number of hydrogen-bond donors (Lipinski definition) is 0. The molecule has 3 rings (SSSR count). The highest BCUT2D eigenvalue weighted by atomic mass is 16.5. The normalized spacial score (nSPS) is 11.8. The van der Waals surface area contributed by atoms with Crippen molar-refractivity contribution < 1.29 is 4.74 Å². The third-order valence-electron chi connectivity index (χ3n) is 2.48. The molecule has 90 valence electrons. The first-order valence-electron chi connectivity index (χ1n) is 5.90. The molecular weight excluding hydrogens is 214 g/mol. The molecule has 4 heteroatoms. The van der Waals surface area contributed by atoms with E-state index in [1.54, 1.807) is 0 Å². The molecule has 1 aromatic heterocycles. The molecule has 17 heavy (non-hydrogen) atoms. The molecule has 1 aliphatic heterocycles. The fraction of sp³-hybridized carbons (Fsp3) is 0.385. The third kappa shape index (κ3) is 2.02. The Labute approximate surface area is 101 Å². The van der Waals surface area contributed by atoms with Crippen LogP contribution in [0.15, 0.2) is 18.2 Å². The van der Waals surface area contributed by atoms with Crippen LogP contribution in [0.1, 0.15) is 31.1 Å². The number of nitrogens with zero attached hydrogens (tertiary/aromatic N) is 3. The summed E-state index contributed by atoms with van der Waals surface area (Å²) in [6.45, 7) is 8.43. The Kier molecular flexibility index (Phi) is 3.13. The Morgan fingerprint density at radius 3 is 2.76 bits per heavy atom. The second-order valence-electron chi connectivity index (χ2n) is 3.75. The van der Waals surface area contributed by atoms with E-state index in [1.165, 1.54) is 5.56 Å². The monoisotopic (exact) mass is 231 g/mol. The van der Waals surface area contributed by atoms with E-state index in [0.29, 0.717) is 6.61 Å². The van der Waals surface area contributed by atoms with Gasteiger partial charge >= 0.3 is 0 Å². The molecular formula is C13H17N3O. The quantitative estimate of drug-likeness (QED) is 0.700. The van der Waals surface area contributed by atoms with Crippen molar-refractivity contribution >= 4 is 0 Å². The van der Waals surface area contributed by atoms with E-state index in [0.717, 1.165) is 23.1 Å². The molecule has 0 saturated heterocycles. The molecule has 1 aromatic carbocycles. The zero-order valence-electron chi connectivity index (χ0n) is 10.7. The van der Waals surface area contributed by atoms with E-state index in [4.69, 9.17) is 4.74 Å². The molecule has 2 aromatic rings. The Balaban J connectivity index is 0.000000514. The second-order valence-corrected chi connectivity index (χ2v) is 3.75. The van der Waals surface area contributed by atoms with E-state index >= 15 is 0 Å². The summed E-state index contributed by atoms with van der Waals surface area (Å²) in [5.41, 5.74) is 2.16. The predicted molar refractivity (Wildman–Crippen MR) is 66.5 cm³/mol. The molecule has 0 bridgehead atoms. The lowest BCUT2D eigenvalue weighted by atomic mass is 10.2. The number of hydrogen-bond acceptors (Lipinski definition) is 3. The maximum Gasteiger partial charge on any atom is 0.170 e. The summed E-state index contributed by atoms with van der Waals surface area (Å²) in [6, 6.07) is 6.09. The van der Waals surface area contributed by atoms with Crippen LogP contribution >= 0.6 is 0 Å². The molecule has 0 N–H and O–H groups in total. The SMILES string of the molecule is CC.Cc1ccc2c(c1)OCc1nc(C)nn1-2. The summed E-state index contributed by atoms with van der Waals surface area (Å²) in [5.74, 6) is 2.53. The number of rotatable bonds is 0. The van der Waals surface area contributed by atoms with Crippen LogP contribution in [0.2, 0.25) is 0 Å². The van der Waals surface area contributed by atoms with Crippen LogP contribution < -0.4 is 4.74 Å². The fourth-order valence-corrected chi connectivity index (χ4v) is 1.80. The van der Waals surface area contributed by atoms with Gasteiger partial charge in [-0.2, -0.15) is 5.10 Å². The van der Waals surface area contributed by atoms with Gasteiger partial charge < -0.3 is 4.74 Å². The Bertz CT molecular complexity index is 531. The van der Waals surface area contributed by atoms with Crippen LogP contribution in [-0.4, -0.2) is 14.8 Å². The van der Waals surface area contributed by atoms with Gasteiger partial charge in [0.15, 0.2) is 5.82 Å². The van der Waals surface area contributed by atoms with Gasteiger partial charge in [-0.05, 0) is 31.5 Å². The van der Waals surface area contributed by atoms with Crippen molar-refractivity contribution in [3.63, 3.8) is 0 Å². The van der Waals surface area contributed by atoms with Crippen molar-refractivity contribution in [2.45, 2.75) is 34.3 Å². The fourth-order valence-electron chi connectivity index (χ4n) is 1.80. The first-order valence-corrected chi connectivity index (χ1v) is 5.90. The van der Waals surface area contributed by atoms with Crippen molar-refractivity contribution in [3.8, 4) is 11.4 Å². The summed E-state index contributed by atoms with van der Waals surface area (Å²) in [6.07, 6.45) is 0. The summed E-state index contributed by atoms with van der Waals surface area (Å²) in [7, 11) is 0. The number of fused-ring (bicyclic) bond motifs is 3.